The molecule has 1 aromatic rings. The van der Waals surface area contributed by atoms with Crippen molar-refractivity contribution in [1.29, 1.82) is 0 Å². The van der Waals surface area contributed by atoms with E-state index in [0.29, 0.717) is 6.42 Å². The topological polar surface area (TPSA) is 60.2 Å². The summed E-state index contributed by atoms with van der Waals surface area (Å²) in [7, 11) is -3.03. The summed E-state index contributed by atoms with van der Waals surface area (Å²) >= 11 is 0. The summed E-state index contributed by atoms with van der Waals surface area (Å²) in [5.41, 5.74) is 9.23. The number of hydrogen-bond donors (Lipinski definition) is 1. The van der Waals surface area contributed by atoms with Crippen LogP contribution in [0.2, 0.25) is 0 Å². The summed E-state index contributed by atoms with van der Waals surface area (Å²) in [6.45, 7) is 1.84. The number of aryl methyl sites for hydroxylation is 2. The van der Waals surface area contributed by atoms with Gasteiger partial charge in [0.15, 0.2) is 9.84 Å². The molecule has 1 aromatic carbocycles. The fraction of sp³-hybridized carbons (Fsp3) is 0.571. The van der Waals surface area contributed by atoms with Crippen LogP contribution in [0, 0.1) is 0 Å². The molecule has 2 rings (SSSR count). The highest BCUT2D eigenvalue weighted by Crippen LogP contribution is 2.23. The minimum atomic E-state index is -3.03. The van der Waals surface area contributed by atoms with Gasteiger partial charge in [-0.1, -0.05) is 18.2 Å². The number of hydrogen-bond acceptors (Lipinski definition) is 3. The molecule has 0 amide bonds. The lowest BCUT2D eigenvalue weighted by Gasteiger charge is -2.08. The molecule has 0 saturated heterocycles. The number of fused-ring (bicyclic) bond motifs is 1. The van der Waals surface area contributed by atoms with Gasteiger partial charge in [-0.2, -0.15) is 0 Å². The molecule has 1 atom stereocenters. The van der Waals surface area contributed by atoms with Crippen LogP contribution in [0.4, 0.5) is 0 Å². The highest BCUT2D eigenvalue weighted by molar-refractivity contribution is 7.90. The molecule has 0 heterocycles. The summed E-state index contributed by atoms with van der Waals surface area (Å²) in [5, 5.41) is 0. The molecule has 1 aliphatic carbocycles. The largest absolute Gasteiger partial charge is 0.328 e. The molecule has 1 aliphatic rings. The van der Waals surface area contributed by atoms with Gasteiger partial charge in [0.1, 0.15) is 0 Å². The van der Waals surface area contributed by atoms with Gasteiger partial charge in [0.25, 0.3) is 0 Å². The summed E-state index contributed by atoms with van der Waals surface area (Å²) in [6, 6.07) is 6.04. The predicted molar refractivity (Wildman–Crippen MR) is 74.2 cm³/mol. The summed E-state index contributed by atoms with van der Waals surface area (Å²) in [4.78, 5) is 0. The van der Waals surface area contributed by atoms with E-state index in [2.05, 4.69) is 12.1 Å². The lowest BCUT2D eigenvalue weighted by atomic mass is 10.1. The van der Waals surface area contributed by atoms with Gasteiger partial charge < -0.3 is 5.73 Å². The smallest absolute Gasteiger partial charge is 0.154 e. The quantitative estimate of drug-likeness (QED) is 0.885. The maximum Gasteiger partial charge on any atom is 0.154 e. The Bertz CT molecular complexity index is 521. The first kappa shape index (κ1) is 13.6. The highest BCUT2D eigenvalue weighted by Gasteiger charge is 2.16. The van der Waals surface area contributed by atoms with Crippen molar-refractivity contribution < 1.29 is 8.42 Å². The number of rotatable bonds is 5. The van der Waals surface area contributed by atoms with Crippen molar-refractivity contribution >= 4 is 9.84 Å². The molecular formula is C14H21NO2S. The number of benzene rings is 1. The van der Waals surface area contributed by atoms with Gasteiger partial charge in [-0.3, -0.25) is 0 Å². The molecule has 0 radical (unpaired) electrons. The zero-order valence-electron chi connectivity index (χ0n) is 10.9. The third-order valence-corrected chi connectivity index (χ3v) is 5.06. The average molecular weight is 267 g/mol. The van der Waals surface area contributed by atoms with Crippen molar-refractivity contribution in [2.24, 2.45) is 5.73 Å². The molecule has 0 fully saturated rings. The van der Waals surface area contributed by atoms with Crippen molar-refractivity contribution in [1.82, 2.24) is 0 Å². The van der Waals surface area contributed by atoms with E-state index in [1.807, 2.05) is 13.0 Å². The fourth-order valence-electron chi connectivity index (χ4n) is 2.41. The van der Waals surface area contributed by atoms with Gasteiger partial charge >= 0.3 is 0 Å². The fourth-order valence-corrected chi connectivity index (χ4v) is 3.97. The molecule has 1 unspecified atom stereocenters. The van der Waals surface area contributed by atoms with Gasteiger partial charge in [0, 0.05) is 6.04 Å². The van der Waals surface area contributed by atoms with Crippen LogP contribution in [0.1, 0.15) is 36.5 Å². The zero-order chi connectivity index (χ0) is 13.2. The van der Waals surface area contributed by atoms with E-state index >= 15 is 0 Å². The van der Waals surface area contributed by atoms with E-state index in [1.165, 1.54) is 17.5 Å². The first-order valence-electron chi connectivity index (χ1n) is 6.53. The first-order valence-corrected chi connectivity index (χ1v) is 8.35. The Morgan fingerprint density at radius 3 is 2.72 bits per heavy atom. The third-order valence-electron chi connectivity index (χ3n) is 3.43. The van der Waals surface area contributed by atoms with Crippen LogP contribution in [0.5, 0.6) is 0 Å². The molecule has 0 bridgehead atoms. The Morgan fingerprint density at radius 2 is 2.00 bits per heavy atom. The Labute approximate surface area is 109 Å². The van der Waals surface area contributed by atoms with Crippen molar-refractivity contribution in [2.45, 2.75) is 44.4 Å². The molecular weight excluding hydrogens is 246 g/mol. The molecule has 100 valence electrons. The van der Waals surface area contributed by atoms with Gasteiger partial charge in [-0.05, 0) is 49.3 Å². The molecule has 3 nitrogen and oxygen atoms in total. The monoisotopic (exact) mass is 267 g/mol. The minimum Gasteiger partial charge on any atom is -0.328 e. The van der Waals surface area contributed by atoms with Crippen molar-refractivity contribution in [3.63, 3.8) is 0 Å². The normalized spacial score (nSPS) is 16.6. The Balaban J connectivity index is 2.05. The summed E-state index contributed by atoms with van der Waals surface area (Å²) < 4.78 is 23.9. The van der Waals surface area contributed by atoms with Crippen LogP contribution in [-0.2, 0) is 28.4 Å². The van der Waals surface area contributed by atoms with Gasteiger partial charge in [-0.25, -0.2) is 8.42 Å². The molecule has 0 aliphatic heterocycles. The molecule has 4 heteroatoms. The third kappa shape index (κ3) is 3.56. The maximum atomic E-state index is 11.9. The van der Waals surface area contributed by atoms with Crippen molar-refractivity contribution in [2.75, 3.05) is 5.75 Å². The first-order chi connectivity index (χ1) is 8.46. The summed E-state index contributed by atoms with van der Waals surface area (Å²) in [5.74, 6) is 0.328. The molecule has 0 spiro atoms. The lowest BCUT2D eigenvalue weighted by molar-refractivity contribution is 0.586. The SMILES string of the molecule is CC(N)CCS(=O)(=O)Cc1ccc2c(c1)CCC2. The van der Waals surface area contributed by atoms with E-state index < -0.39 is 9.84 Å². The minimum absolute atomic E-state index is 0.0557. The van der Waals surface area contributed by atoms with Crippen molar-refractivity contribution in [3.8, 4) is 0 Å². The van der Waals surface area contributed by atoms with Gasteiger partial charge in [-0.15, -0.1) is 0 Å². The molecule has 0 saturated carbocycles. The Hall–Kier alpha value is -0.870. The molecule has 18 heavy (non-hydrogen) atoms. The van der Waals surface area contributed by atoms with Crippen LogP contribution in [0.25, 0.3) is 0 Å². The lowest BCUT2D eigenvalue weighted by Crippen LogP contribution is -2.20. The van der Waals surface area contributed by atoms with E-state index in [0.717, 1.165) is 18.4 Å². The van der Waals surface area contributed by atoms with Gasteiger partial charge in [0.2, 0.25) is 0 Å². The average Bonchev–Trinajstić information content (AvgIpc) is 2.73. The zero-order valence-corrected chi connectivity index (χ0v) is 11.7. The van der Waals surface area contributed by atoms with E-state index in [4.69, 9.17) is 5.73 Å². The Kier molecular flexibility index (Phi) is 4.07. The Morgan fingerprint density at radius 1 is 1.28 bits per heavy atom. The van der Waals surface area contributed by atoms with Crippen LogP contribution in [-0.4, -0.2) is 20.2 Å². The standard InChI is InChI=1S/C14H21NO2S/c1-11(15)7-8-18(16,17)10-12-5-6-13-3-2-4-14(13)9-12/h5-6,9,11H,2-4,7-8,10,15H2,1H3. The van der Waals surface area contributed by atoms with Gasteiger partial charge in [0.05, 0.1) is 11.5 Å². The number of sulfone groups is 1. The van der Waals surface area contributed by atoms with E-state index in [-0.39, 0.29) is 17.5 Å². The summed E-state index contributed by atoms with van der Waals surface area (Å²) in [6.07, 6.45) is 3.94. The second-order valence-corrected chi connectivity index (χ2v) is 7.50. The molecule has 2 N–H and O–H groups in total. The predicted octanol–water partition coefficient (Wildman–Crippen LogP) is 1.83. The van der Waals surface area contributed by atoms with Crippen LogP contribution >= 0.6 is 0 Å². The second kappa shape index (κ2) is 5.41. The number of nitrogens with two attached hydrogens (primary N) is 1. The second-order valence-electron chi connectivity index (χ2n) is 5.31. The molecule has 0 aromatic heterocycles. The van der Waals surface area contributed by atoms with E-state index in [1.54, 1.807) is 0 Å². The van der Waals surface area contributed by atoms with Crippen LogP contribution in [0.3, 0.4) is 0 Å². The van der Waals surface area contributed by atoms with E-state index in [9.17, 15) is 8.42 Å². The van der Waals surface area contributed by atoms with Crippen LogP contribution in [0.15, 0.2) is 18.2 Å². The maximum absolute atomic E-state index is 11.9. The van der Waals surface area contributed by atoms with Crippen molar-refractivity contribution in [3.05, 3.63) is 34.9 Å². The highest BCUT2D eigenvalue weighted by atomic mass is 32.2. The van der Waals surface area contributed by atoms with Crippen LogP contribution < -0.4 is 5.73 Å².